The second kappa shape index (κ2) is 38.8. The number of aliphatic hydroxyl groups is 5. The van der Waals surface area contributed by atoms with Gasteiger partial charge in [-0.1, -0.05) is 148 Å². The molecule has 9 heteroatoms. The maximum Gasteiger partial charge on any atom is 0.220 e. The quantitative estimate of drug-likeness (QED) is 0.0278. The van der Waals surface area contributed by atoms with Crippen molar-refractivity contribution in [3.63, 3.8) is 0 Å². The highest BCUT2D eigenvalue weighted by molar-refractivity contribution is 5.76. The number of hydrogen-bond acceptors (Lipinski definition) is 8. The van der Waals surface area contributed by atoms with Crippen molar-refractivity contribution in [2.75, 3.05) is 13.2 Å². The van der Waals surface area contributed by atoms with Crippen molar-refractivity contribution in [1.29, 1.82) is 0 Å². The summed E-state index contributed by atoms with van der Waals surface area (Å²) >= 11 is 0. The Balaban J connectivity index is 2.38. The maximum atomic E-state index is 12.9. The SMILES string of the molecule is CC/C=C\C/C=C\C/C=C\C/C=C\C/C=C\C/C=C\C/C=C\CCCCCC(=O)NC(COC1OC(CO)C(O)C(O)C1O)C(O)/C=C/CC/C=C/CC/C=C/CCC. The van der Waals surface area contributed by atoms with Crippen molar-refractivity contribution in [1.82, 2.24) is 5.32 Å². The molecular formula is C50H79NO8. The van der Waals surface area contributed by atoms with Crippen LogP contribution in [-0.4, -0.2) is 87.5 Å². The molecule has 7 atom stereocenters. The van der Waals surface area contributed by atoms with Gasteiger partial charge in [-0.25, -0.2) is 0 Å². The first-order valence-corrected chi connectivity index (χ1v) is 22.3. The average molecular weight is 822 g/mol. The summed E-state index contributed by atoms with van der Waals surface area (Å²) < 4.78 is 11.1. The summed E-state index contributed by atoms with van der Waals surface area (Å²) in [6.07, 6.45) is 51.0. The van der Waals surface area contributed by atoms with E-state index in [4.69, 9.17) is 9.47 Å². The fourth-order valence-corrected chi connectivity index (χ4v) is 5.94. The van der Waals surface area contributed by atoms with Gasteiger partial charge in [0.2, 0.25) is 5.91 Å². The lowest BCUT2D eigenvalue weighted by Gasteiger charge is -2.40. The third-order valence-electron chi connectivity index (χ3n) is 9.48. The summed E-state index contributed by atoms with van der Waals surface area (Å²) in [7, 11) is 0. The van der Waals surface area contributed by atoms with Crippen LogP contribution < -0.4 is 5.32 Å². The molecule has 59 heavy (non-hydrogen) atoms. The van der Waals surface area contributed by atoms with Crippen LogP contribution >= 0.6 is 0 Å². The van der Waals surface area contributed by atoms with Crippen molar-refractivity contribution in [2.24, 2.45) is 0 Å². The van der Waals surface area contributed by atoms with E-state index in [1.165, 1.54) is 0 Å². The molecule has 0 radical (unpaired) electrons. The molecule has 1 amide bonds. The number of unbranched alkanes of at least 4 members (excludes halogenated alkanes) is 6. The van der Waals surface area contributed by atoms with Gasteiger partial charge in [-0.05, 0) is 96.3 Å². The van der Waals surface area contributed by atoms with Gasteiger partial charge in [-0.3, -0.25) is 4.79 Å². The molecule has 1 rings (SSSR count). The average Bonchev–Trinajstić information content (AvgIpc) is 3.23. The molecule has 1 heterocycles. The zero-order valence-electron chi connectivity index (χ0n) is 36.2. The molecule has 1 saturated heterocycles. The van der Waals surface area contributed by atoms with E-state index >= 15 is 0 Å². The largest absolute Gasteiger partial charge is 0.394 e. The first-order chi connectivity index (χ1) is 28.8. The van der Waals surface area contributed by atoms with E-state index in [0.29, 0.717) is 12.8 Å². The molecule has 1 aliphatic rings. The van der Waals surface area contributed by atoms with Gasteiger partial charge in [0.1, 0.15) is 24.4 Å². The van der Waals surface area contributed by atoms with Crippen LogP contribution in [0.15, 0.2) is 122 Å². The van der Waals surface area contributed by atoms with Gasteiger partial charge in [0.05, 0.1) is 25.4 Å². The van der Waals surface area contributed by atoms with Crippen LogP contribution in [0.3, 0.4) is 0 Å². The molecule has 0 aromatic heterocycles. The highest BCUT2D eigenvalue weighted by Gasteiger charge is 2.44. The lowest BCUT2D eigenvalue weighted by Crippen LogP contribution is -2.60. The zero-order valence-corrected chi connectivity index (χ0v) is 36.2. The summed E-state index contributed by atoms with van der Waals surface area (Å²) in [5, 5.41) is 54.0. The molecule has 0 saturated carbocycles. The Labute approximate surface area is 357 Å². The van der Waals surface area contributed by atoms with Crippen LogP contribution in [0.2, 0.25) is 0 Å². The molecule has 0 spiro atoms. The van der Waals surface area contributed by atoms with Gasteiger partial charge in [0.15, 0.2) is 6.29 Å². The molecule has 1 aliphatic heterocycles. The van der Waals surface area contributed by atoms with Gasteiger partial charge < -0.3 is 40.3 Å². The minimum absolute atomic E-state index is 0.229. The van der Waals surface area contributed by atoms with Crippen LogP contribution in [0.5, 0.6) is 0 Å². The molecule has 0 aromatic carbocycles. The van der Waals surface area contributed by atoms with E-state index in [2.05, 4.69) is 129 Å². The van der Waals surface area contributed by atoms with Crippen LogP contribution in [0.1, 0.15) is 129 Å². The van der Waals surface area contributed by atoms with Gasteiger partial charge in [0, 0.05) is 6.42 Å². The van der Waals surface area contributed by atoms with E-state index in [9.17, 15) is 30.3 Å². The summed E-state index contributed by atoms with van der Waals surface area (Å²) in [5.41, 5.74) is 0. The Bertz CT molecular complexity index is 1320. The first-order valence-electron chi connectivity index (χ1n) is 22.3. The van der Waals surface area contributed by atoms with E-state index < -0.39 is 49.5 Å². The summed E-state index contributed by atoms with van der Waals surface area (Å²) in [4.78, 5) is 12.9. The lowest BCUT2D eigenvalue weighted by molar-refractivity contribution is -0.302. The molecule has 0 bridgehead atoms. The minimum Gasteiger partial charge on any atom is -0.394 e. The Kier molecular flexibility index (Phi) is 35.2. The fourth-order valence-electron chi connectivity index (χ4n) is 5.94. The summed E-state index contributed by atoms with van der Waals surface area (Å²) in [5.74, 6) is -0.232. The topological polar surface area (TPSA) is 149 Å². The second-order valence-corrected chi connectivity index (χ2v) is 14.7. The van der Waals surface area contributed by atoms with Crippen molar-refractivity contribution in [3.8, 4) is 0 Å². The number of ether oxygens (including phenoxy) is 2. The molecule has 0 aliphatic carbocycles. The van der Waals surface area contributed by atoms with Crippen molar-refractivity contribution >= 4 is 5.91 Å². The third kappa shape index (κ3) is 29.5. The van der Waals surface area contributed by atoms with E-state index in [-0.39, 0.29) is 18.9 Å². The fraction of sp³-hybridized carbons (Fsp3) is 0.580. The van der Waals surface area contributed by atoms with E-state index in [0.717, 1.165) is 96.3 Å². The van der Waals surface area contributed by atoms with Gasteiger partial charge in [-0.2, -0.15) is 0 Å². The normalized spacial score (nSPS) is 21.9. The Morgan fingerprint density at radius 3 is 1.58 bits per heavy atom. The number of carbonyl (C=O) groups is 1. The van der Waals surface area contributed by atoms with Gasteiger partial charge in [0.25, 0.3) is 0 Å². The van der Waals surface area contributed by atoms with Crippen LogP contribution in [-0.2, 0) is 14.3 Å². The number of aliphatic hydroxyl groups excluding tert-OH is 5. The van der Waals surface area contributed by atoms with E-state index in [1.807, 2.05) is 6.08 Å². The minimum atomic E-state index is -1.59. The molecule has 7 unspecified atom stereocenters. The number of allylic oxidation sites excluding steroid dienone is 19. The van der Waals surface area contributed by atoms with Gasteiger partial charge >= 0.3 is 0 Å². The molecule has 6 N–H and O–H groups in total. The number of amides is 1. The van der Waals surface area contributed by atoms with Crippen LogP contribution in [0.25, 0.3) is 0 Å². The van der Waals surface area contributed by atoms with Crippen LogP contribution in [0.4, 0.5) is 0 Å². The standard InChI is InChI=1S/C50H79NO8/c1-3-5-7-9-11-13-15-16-17-18-19-20-21-22-23-24-25-26-27-28-30-32-34-36-38-40-46(54)51-43(42-58-50-49(57)48(56)47(55)45(41-52)59-50)44(53)39-37-35-33-31-29-14-12-10-8-6-4-2/h5,7-8,10-11,13,16-17,19-20,22-23,25-26,28-31,37,39,43-45,47-50,52-53,55-57H,3-4,6,9,12,14-15,18,21,24,27,32-36,38,40-42H2,1-2H3,(H,51,54)/b7-5-,10-8+,13-11-,17-16-,20-19-,23-22-,26-25-,30-28-,31-29+,39-37+. The third-order valence-corrected chi connectivity index (χ3v) is 9.48. The number of rotatable bonds is 34. The van der Waals surface area contributed by atoms with Crippen molar-refractivity contribution in [3.05, 3.63) is 122 Å². The zero-order chi connectivity index (χ0) is 43.0. The molecule has 332 valence electrons. The molecule has 9 nitrogen and oxygen atoms in total. The molecule has 0 aromatic rings. The lowest BCUT2D eigenvalue weighted by atomic mass is 9.99. The van der Waals surface area contributed by atoms with Gasteiger partial charge in [-0.15, -0.1) is 0 Å². The smallest absolute Gasteiger partial charge is 0.220 e. The Hall–Kier alpha value is -3.41. The summed E-state index contributed by atoms with van der Waals surface area (Å²) in [6.45, 7) is 3.50. The Morgan fingerprint density at radius 1 is 0.593 bits per heavy atom. The second-order valence-electron chi connectivity index (χ2n) is 14.7. The highest BCUT2D eigenvalue weighted by Crippen LogP contribution is 2.22. The number of carbonyl (C=O) groups excluding carboxylic acids is 1. The number of hydrogen-bond donors (Lipinski definition) is 6. The number of nitrogens with one attached hydrogen (secondary N) is 1. The molecular weight excluding hydrogens is 743 g/mol. The summed E-state index contributed by atoms with van der Waals surface area (Å²) in [6, 6.07) is -0.853. The predicted molar refractivity (Wildman–Crippen MR) is 244 cm³/mol. The van der Waals surface area contributed by atoms with E-state index in [1.54, 1.807) is 6.08 Å². The molecule has 1 fully saturated rings. The first kappa shape index (κ1) is 53.6. The maximum absolute atomic E-state index is 12.9. The highest BCUT2D eigenvalue weighted by atomic mass is 16.7. The van der Waals surface area contributed by atoms with Crippen molar-refractivity contribution < 1.29 is 39.8 Å². The Morgan fingerprint density at radius 2 is 1.07 bits per heavy atom. The van der Waals surface area contributed by atoms with Crippen molar-refractivity contribution in [2.45, 2.75) is 172 Å². The van der Waals surface area contributed by atoms with Crippen LogP contribution in [0, 0.1) is 0 Å². The predicted octanol–water partition coefficient (Wildman–Crippen LogP) is 9.27. The monoisotopic (exact) mass is 822 g/mol.